The number of nitrogens with one attached hydrogen (secondary N) is 1. The van der Waals surface area contributed by atoms with Gasteiger partial charge in [-0.05, 0) is 30.7 Å². The Morgan fingerprint density at radius 3 is 2.93 bits per heavy atom. The summed E-state index contributed by atoms with van der Waals surface area (Å²) in [6.07, 6.45) is -0.0911. The highest BCUT2D eigenvalue weighted by Gasteiger charge is 2.08. The molecule has 2 aromatic rings. The number of aryl methyl sites for hydroxylation is 1. The number of aromatic amines is 1. The van der Waals surface area contributed by atoms with Gasteiger partial charge >= 0.3 is 0 Å². The fourth-order valence-corrected chi connectivity index (χ4v) is 1.90. The number of carboxylic acids is 1. The van der Waals surface area contributed by atoms with Crippen molar-refractivity contribution >= 4 is 28.5 Å². The number of fused-ring (bicyclic) bond motifs is 1. The van der Waals surface area contributed by atoms with E-state index in [-0.39, 0.29) is 6.42 Å². The SMILES string of the molecule is Cc1[nH]c2ccc(Cl)cc2c1CC(=O)[O-]. The molecule has 1 N–H and O–H groups in total. The third-order valence-electron chi connectivity index (χ3n) is 2.40. The standard InChI is InChI=1S/C11H10ClNO2/c1-6-8(5-11(14)15)9-4-7(12)2-3-10(9)13-6/h2-4,13H,5H2,1H3,(H,14,15)/p-1. The average molecular weight is 223 g/mol. The highest BCUT2D eigenvalue weighted by molar-refractivity contribution is 6.31. The summed E-state index contributed by atoms with van der Waals surface area (Å²) in [5.74, 6) is -1.08. The van der Waals surface area contributed by atoms with Crippen molar-refractivity contribution in [3.8, 4) is 0 Å². The van der Waals surface area contributed by atoms with Crippen LogP contribution in [-0.4, -0.2) is 11.0 Å². The molecule has 1 aromatic carbocycles. The van der Waals surface area contributed by atoms with Gasteiger partial charge in [0.1, 0.15) is 0 Å². The van der Waals surface area contributed by atoms with Crippen LogP contribution in [0.15, 0.2) is 18.2 Å². The van der Waals surface area contributed by atoms with E-state index >= 15 is 0 Å². The molecule has 78 valence electrons. The van der Waals surface area contributed by atoms with E-state index in [4.69, 9.17) is 11.6 Å². The van der Waals surface area contributed by atoms with E-state index in [0.29, 0.717) is 5.02 Å². The molecular formula is C11H9ClNO2-. The number of halogens is 1. The predicted octanol–water partition coefficient (Wildman–Crippen LogP) is 1.42. The normalized spacial score (nSPS) is 10.8. The number of carbonyl (C=O) groups is 1. The molecule has 4 heteroatoms. The third kappa shape index (κ3) is 1.83. The first-order valence-electron chi connectivity index (χ1n) is 4.54. The fraction of sp³-hybridized carbons (Fsp3) is 0.182. The van der Waals surface area contributed by atoms with Crippen LogP contribution in [-0.2, 0) is 11.2 Å². The Bertz CT molecular complexity index is 531. The molecule has 0 aliphatic heterocycles. The van der Waals surface area contributed by atoms with E-state index in [2.05, 4.69) is 4.98 Å². The third-order valence-corrected chi connectivity index (χ3v) is 2.64. The number of aromatic nitrogens is 1. The number of carboxylic acid groups (broad SMARTS) is 1. The number of carbonyl (C=O) groups excluding carboxylic acids is 1. The van der Waals surface area contributed by atoms with Gasteiger partial charge in [0.15, 0.2) is 0 Å². The van der Waals surface area contributed by atoms with Gasteiger partial charge in [0.2, 0.25) is 0 Å². The van der Waals surface area contributed by atoms with E-state index in [1.807, 2.05) is 13.0 Å². The molecule has 3 nitrogen and oxygen atoms in total. The van der Waals surface area contributed by atoms with E-state index in [1.165, 1.54) is 0 Å². The quantitative estimate of drug-likeness (QED) is 0.836. The second-order valence-corrected chi connectivity index (χ2v) is 3.90. The number of aliphatic carboxylic acids is 1. The predicted molar refractivity (Wildman–Crippen MR) is 56.8 cm³/mol. The monoisotopic (exact) mass is 222 g/mol. The minimum atomic E-state index is -1.08. The van der Waals surface area contributed by atoms with Crippen LogP contribution in [0, 0.1) is 6.92 Å². The van der Waals surface area contributed by atoms with Crippen LogP contribution >= 0.6 is 11.6 Å². The summed E-state index contributed by atoms with van der Waals surface area (Å²) >= 11 is 5.86. The highest BCUT2D eigenvalue weighted by atomic mass is 35.5. The number of hydrogen-bond donors (Lipinski definition) is 1. The second kappa shape index (κ2) is 3.59. The molecule has 0 bridgehead atoms. The summed E-state index contributed by atoms with van der Waals surface area (Å²) in [6.45, 7) is 1.84. The first-order chi connectivity index (χ1) is 7.08. The van der Waals surface area contributed by atoms with Crippen LogP contribution in [0.1, 0.15) is 11.3 Å². The van der Waals surface area contributed by atoms with Crippen molar-refractivity contribution in [2.75, 3.05) is 0 Å². The maximum atomic E-state index is 10.6. The van der Waals surface area contributed by atoms with Gasteiger partial charge in [-0.3, -0.25) is 0 Å². The molecule has 1 heterocycles. The van der Waals surface area contributed by atoms with Gasteiger partial charge in [-0.1, -0.05) is 11.6 Å². The molecule has 0 fully saturated rings. The van der Waals surface area contributed by atoms with E-state index < -0.39 is 5.97 Å². The smallest absolute Gasteiger partial charge is 0.0460 e. The van der Waals surface area contributed by atoms with Crippen LogP contribution in [0.2, 0.25) is 5.02 Å². The molecule has 0 aliphatic carbocycles. The molecule has 15 heavy (non-hydrogen) atoms. The van der Waals surface area contributed by atoms with Gasteiger partial charge in [0, 0.05) is 34.0 Å². The second-order valence-electron chi connectivity index (χ2n) is 3.47. The number of benzene rings is 1. The summed E-state index contributed by atoms with van der Waals surface area (Å²) in [5.41, 5.74) is 2.48. The summed E-state index contributed by atoms with van der Waals surface area (Å²) in [6, 6.07) is 5.37. The van der Waals surface area contributed by atoms with Crippen LogP contribution in [0.4, 0.5) is 0 Å². The van der Waals surface area contributed by atoms with E-state index in [9.17, 15) is 9.90 Å². The zero-order valence-corrected chi connectivity index (χ0v) is 8.89. The lowest BCUT2D eigenvalue weighted by Gasteiger charge is -2.02. The molecular weight excluding hydrogens is 214 g/mol. The highest BCUT2D eigenvalue weighted by Crippen LogP contribution is 2.25. The van der Waals surface area contributed by atoms with Crippen LogP contribution in [0.25, 0.3) is 10.9 Å². The molecule has 0 spiro atoms. The summed E-state index contributed by atoms with van der Waals surface area (Å²) in [7, 11) is 0. The molecule has 0 unspecified atom stereocenters. The Morgan fingerprint density at radius 1 is 1.53 bits per heavy atom. The lowest BCUT2D eigenvalue weighted by Crippen LogP contribution is -2.24. The van der Waals surface area contributed by atoms with Crippen molar-refractivity contribution in [1.82, 2.24) is 4.98 Å². The van der Waals surface area contributed by atoms with Gasteiger partial charge in [-0.15, -0.1) is 0 Å². The fourth-order valence-electron chi connectivity index (χ4n) is 1.73. The number of hydrogen-bond acceptors (Lipinski definition) is 2. The van der Waals surface area contributed by atoms with Crippen molar-refractivity contribution in [3.63, 3.8) is 0 Å². The zero-order chi connectivity index (χ0) is 11.0. The Balaban J connectivity index is 2.65. The minimum absolute atomic E-state index is 0.0911. The average Bonchev–Trinajstić information content (AvgIpc) is 2.43. The summed E-state index contributed by atoms with van der Waals surface area (Å²) < 4.78 is 0. The maximum absolute atomic E-state index is 10.6. The van der Waals surface area contributed by atoms with Gasteiger partial charge < -0.3 is 14.9 Å². The Labute approximate surface area is 91.7 Å². The van der Waals surface area contributed by atoms with Gasteiger partial charge in [-0.2, -0.15) is 0 Å². The summed E-state index contributed by atoms with van der Waals surface area (Å²) in [4.78, 5) is 13.7. The Hall–Kier alpha value is -1.48. The maximum Gasteiger partial charge on any atom is 0.0460 e. The van der Waals surface area contributed by atoms with Crippen LogP contribution < -0.4 is 5.11 Å². The van der Waals surface area contributed by atoms with Gasteiger partial charge in [0.25, 0.3) is 0 Å². The van der Waals surface area contributed by atoms with E-state index in [1.54, 1.807) is 12.1 Å². The van der Waals surface area contributed by atoms with Crippen molar-refractivity contribution in [1.29, 1.82) is 0 Å². The number of rotatable bonds is 2. The van der Waals surface area contributed by atoms with Crippen LogP contribution in [0.3, 0.4) is 0 Å². The number of H-pyrrole nitrogens is 1. The van der Waals surface area contributed by atoms with Crippen molar-refractivity contribution in [2.45, 2.75) is 13.3 Å². The summed E-state index contributed by atoms with van der Waals surface area (Å²) in [5, 5.41) is 12.0. The molecule has 0 saturated heterocycles. The Morgan fingerprint density at radius 2 is 2.27 bits per heavy atom. The molecule has 0 radical (unpaired) electrons. The van der Waals surface area contributed by atoms with Gasteiger partial charge in [-0.25, -0.2) is 0 Å². The zero-order valence-electron chi connectivity index (χ0n) is 8.13. The first kappa shape index (κ1) is 10.1. The lowest BCUT2D eigenvalue weighted by atomic mass is 10.1. The molecule has 2 rings (SSSR count). The largest absolute Gasteiger partial charge is 0.550 e. The Kier molecular flexibility index (Phi) is 2.40. The molecule has 0 saturated carbocycles. The molecule has 1 aromatic heterocycles. The van der Waals surface area contributed by atoms with Crippen molar-refractivity contribution in [2.24, 2.45) is 0 Å². The van der Waals surface area contributed by atoms with E-state index in [0.717, 1.165) is 22.2 Å². The molecule has 0 aliphatic rings. The first-order valence-corrected chi connectivity index (χ1v) is 4.92. The molecule has 0 amide bonds. The molecule has 0 atom stereocenters. The topological polar surface area (TPSA) is 55.9 Å². The van der Waals surface area contributed by atoms with Crippen molar-refractivity contribution < 1.29 is 9.90 Å². The van der Waals surface area contributed by atoms with Gasteiger partial charge in [0.05, 0.1) is 0 Å². The van der Waals surface area contributed by atoms with Crippen molar-refractivity contribution in [3.05, 3.63) is 34.5 Å². The minimum Gasteiger partial charge on any atom is -0.550 e. The van der Waals surface area contributed by atoms with Crippen LogP contribution in [0.5, 0.6) is 0 Å². The lowest BCUT2D eigenvalue weighted by molar-refractivity contribution is -0.304.